The molecule has 108 valence electrons. The molecular formula is C17H36Sn. The predicted octanol–water partition coefficient (Wildman–Crippen LogP) is 6.80. The Hall–Kier alpha value is 0.539. The fourth-order valence-corrected chi connectivity index (χ4v) is 20.1. The van der Waals surface area contributed by atoms with E-state index in [2.05, 4.69) is 40.7 Å². The van der Waals surface area contributed by atoms with Crippen LogP contribution in [-0.2, 0) is 0 Å². The van der Waals surface area contributed by atoms with Crippen molar-refractivity contribution in [3.63, 3.8) is 0 Å². The number of hydrogen-bond acceptors (Lipinski definition) is 0. The molecule has 1 heteroatoms. The van der Waals surface area contributed by atoms with Gasteiger partial charge in [-0.1, -0.05) is 0 Å². The molecule has 0 bridgehead atoms. The van der Waals surface area contributed by atoms with E-state index in [1.54, 1.807) is 23.3 Å². The van der Waals surface area contributed by atoms with E-state index in [9.17, 15) is 0 Å². The third-order valence-corrected chi connectivity index (χ3v) is 20.2. The SMILES string of the molecule is C/C=C(\C)[CH2][Sn]([CH2]CCC)([CH2]CCC)[CH2]CCC. The van der Waals surface area contributed by atoms with Gasteiger partial charge in [-0.3, -0.25) is 0 Å². The topological polar surface area (TPSA) is 0 Å². The predicted molar refractivity (Wildman–Crippen MR) is 89.1 cm³/mol. The Bertz CT molecular complexity index is 196. The average Bonchev–Trinajstić information content (AvgIpc) is 2.40. The molecule has 0 nitrogen and oxygen atoms in total. The molecule has 0 fully saturated rings. The molecule has 0 heterocycles. The molecule has 0 N–H and O–H groups in total. The van der Waals surface area contributed by atoms with Crippen LogP contribution in [0.25, 0.3) is 0 Å². The summed E-state index contributed by atoms with van der Waals surface area (Å²) in [7, 11) is 0. The van der Waals surface area contributed by atoms with Gasteiger partial charge in [-0.25, -0.2) is 0 Å². The maximum absolute atomic E-state index is 2.37. The standard InChI is InChI=1S/C5H9.3C4H9.Sn/c1-4-5(2)3;3*1-3-4-2;/h4H,2H2,1,3H3;3*1,3-4H2,2H3;/b5-4-;;;;. The van der Waals surface area contributed by atoms with Gasteiger partial charge in [0.05, 0.1) is 0 Å². The zero-order chi connectivity index (χ0) is 13.9. The molecular weight excluding hydrogens is 323 g/mol. The van der Waals surface area contributed by atoms with E-state index in [-0.39, 0.29) is 0 Å². The zero-order valence-corrected chi connectivity index (χ0v) is 16.5. The zero-order valence-electron chi connectivity index (χ0n) is 13.6. The summed E-state index contributed by atoms with van der Waals surface area (Å²) >= 11 is -1.84. The van der Waals surface area contributed by atoms with Gasteiger partial charge in [0.2, 0.25) is 0 Å². The van der Waals surface area contributed by atoms with Crippen LogP contribution in [0.3, 0.4) is 0 Å². The molecule has 0 spiro atoms. The molecule has 0 aliphatic carbocycles. The monoisotopic (exact) mass is 360 g/mol. The first-order chi connectivity index (χ1) is 8.64. The molecule has 0 aliphatic heterocycles. The van der Waals surface area contributed by atoms with Crippen molar-refractivity contribution in [1.82, 2.24) is 0 Å². The molecule has 0 rings (SSSR count). The van der Waals surface area contributed by atoms with Crippen molar-refractivity contribution < 1.29 is 0 Å². The van der Waals surface area contributed by atoms with Crippen molar-refractivity contribution in [1.29, 1.82) is 0 Å². The van der Waals surface area contributed by atoms with E-state index in [0.29, 0.717) is 0 Å². The van der Waals surface area contributed by atoms with Crippen molar-refractivity contribution in [2.75, 3.05) is 0 Å². The quantitative estimate of drug-likeness (QED) is 0.281. The second-order valence-electron chi connectivity index (χ2n) is 6.12. The molecule has 0 aromatic rings. The Morgan fingerprint density at radius 2 is 1.22 bits per heavy atom. The summed E-state index contributed by atoms with van der Waals surface area (Å²) in [5, 5.41) is 0. The third kappa shape index (κ3) is 7.86. The van der Waals surface area contributed by atoms with Crippen molar-refractivity contribution in [2.45, 2.75) is 90.9 Å². The van der Waals surface area contributed by atoms with E-state index in [4.69, 9.17) is 0 Å². The van der Waals surface area contributed by atoms with Crippen molar-refractivity contribution in [3.05, 3.63) is 11.6 Å². The van der Waals surface area contributed by atoms with Crippen molar-refractivity contribution >= 4 is 18.4 Å². The van der Waals surface area contributed by atoms with Crippen LogP contribution >= 0.6 is 0 Å². The van der Waals surface area contributed by atoms with E-state index < -0.39 is 18.4 Å². The Kier molecular flexibility index (Phi) is 11.7. The van der Waals surface area contributed by atoms with Crippen LogP contribution in [0.1, 0.15) is 73.1 Å². The first kappa shape index (κ1) is 18.5. The third-order valence-electron chi connectivity index (χ3n) is 4.33. The van der Waals surface area contributed by atoms with Crippen LogP contribution < -0.4 is 0 Å². The molecule has 0 amide bonds. The van der Waals surface area contributed by atoms with E-state index in [1.165, 1.54) is 38.5 Å². The van der Waals surface area contributed by atoms with Gasteiger partial charge in [0, 0.05) is 0 Å². The Morgan fingerprint density at radius 3 is 1.50 bits per heavy atom. The van der Waals surface area contributed by atoms with Gasteiger partial charge in [0.1, 0.15) is 0 Å². The summed E-state index contributed by atoms with van der Waals surface area (Å²) in [5.41, 5.74) is 1.69. The number of allylic oxidation sites excluding steroid dienone is 2. The van der Waals surface area contributed by atoms with Crippen LogP contribution in [0.2, 0.25) is 17.7 Å². The summed E-state index contributed by atoms with van der Waals surface area (Å²) in [5.74, 6) is 0. The maximum atomic E-state index is 2.37. The number of rotatable bonds is 11. The van der Waals surface area contributed by atoms with Gasteiger partial charge in [0.15, 0.2) is 0 Å². The first-order valence-electron chi connectivity index (χ1n) is 8.26. The van der Waals surface area contributed by atoms with E-state index >= 15 is 0 Å². The van der Waals surface area contributed by atoms with Gasteiger partial charge >= 0.3 is 121 Å². The summed E-state index contributed by atoms with van der Waals surface area (Å²) in [6.07, 6.45) is 11.1. The minimum atomic E-state index is -1.84. The Morgan fingerprint density at radius 1 is 0.833 bits per heavy atom. The molecule has 18 heavy (non-hydrogen) atoms. The van der Waals surface area contributed by atoms with Crippen LogP contribution in [0.15, 0.2) is 11.6 Å². The van der Waals surface area contributed by atoms with Crippen LogP contribution in [-0.4, -0.2) is 18.4 Å². The summed E-state index contributed by atoms with van der Waals surface area (Å²) in [4.78, 5) is 0. The molecule has 0 atom stereocenters. The summed E-state index contributed by atoms with van der Waals surface area (Å²) < 4.78 is 6.49. The molecule has 0 radical (unpaired) electrons. The Balaban J connectivity index is 4.72. The normalized spacial score (nSPS) is 13.1. The van der Waals surface area contributed by atoms with Gasteiger partial charge in [-0.05, 0) is 0 Å². The molecule has 0 saturated carbocycles. The van der Waals surface area contributed by atoms with Crippen LogP contribution in [0.5, 0.6) is 0 Å². The molecule has 0 saturated heterocycles. The first-order valence-corrected chi connectivity index (χ1v) is 16.3. The molecule has 0 aliphatic rings. The number of unbranched alkanes of at least 4 members (excludes halogenated alkanes) is 3. The van der Waals surface area contributed by atoms with Gasteiger partial charge < -0.3 is 0 Å². The van der Waals surface area contributed by atoms with Gasteiger partial charge in [-0.2, -0.15) is 0 Å². The second-order valence-corrected chi connectivity index (χ2v) is 20.0. The minimum absolute atomic E-state index is 1.39. The second kappa shape index (κ2) is 11.4. The Labute approximate surface area is 121 Å². The van der Waals surface area contributed by atoms with E-state index in [0.717, 1.165) is 0 Å². The molecule has 0 aromatic carbocycles. The van der Waals surface area contributed by atoms with Gasteiger partial charge in [-0.15, -0.1) is 0 Å². The summed E-state index contributed by atoms with van der Waals surface area (Å²) in [6.45, 7) is 11.7. The fourth-order valence-electron chi connectivity index (χ4n) is 2.99. The van der Waals surface area contributed by atoms with Gasteiger partial charge in [0.25, 0.3) is 0 Å². The molecule has 0 unspecified atom stereocenters. The van der Waals surface area contributed by atoms with Crippen LogP contribution in [0.4, 0.5) is 0 Å². The van der Waals surface area contributed by atoms with Crippen molar-refractivity contribution in [3.8, 4) is 0 Å². The number of hydrogen-bond donors (Lipinski definition) is 0. The average molecular weight is 359 g/mol. The summed E-state index contributed by atoms with van der Waals surface area (Å²) in [6, 6.07) is 0. The van der Waals surface area contributed by atoms with E-state index in [1.807, 2.05) is 0 Å². The van der Waals surface area contributed by atoms with Crippen LogP contribution in [0, 0.1) is 0 Å². The fraction of sp³-hybridized carbons (Fsp3) is 0.882. The van der Waals surface area contributed by atoms with Crippen molar-refractivity contribution in [2.24, 2.45) is 0 Å². The molecule has 0 aromatic heterocycles.